The van der Waals surface area contributed by atoms with Crippen LogP contribution >= 0.6 is 11.8 Å². The largest absolute Gasteiger partial charge is 0.508 e. The number of thioether (sulfide) groups is 1. The van der Waals surface area contributed by atoms with Crippen LogP contribution in [0.15, 0.2) is 29.3 Å². The Balaban J connectivity index is 1.25. The number of nitrogens with two attached hydrogens (primary N) is 1. The fourth-order valence-corrected chi connectivity index (χ4v) is 12.1. The molecule has 2 fully saturated rings. The van der Waals surface area contributed by atoms with Crippen LogP contribution in [0.2, 0.25) is 0 Å². The SMILES string of the molecule is CC[C@H](C)[C@@H]1NC(=O)CNC(=O)[C@H]2Cc3c([nH]c4c(CN5CC[C@H](CNC(=O)CCCCCN6C(=O)C=CC6=O)C5)c(O)ccc34)SC[C@H](NC(=O)CNC1=O)C(=O)N[C@@H](CC(N)=O)C(=O)N1C[C@H](O)C[C@H]1C(=O)N[C@@H]([C@@H](C)[C@@H](O)CO)C(=O)N2. The number of amides is 12. The van der Waals surface area contributed by atoms with E-state index in [2.05, 4.69) is 52.4 Å². The zero-order chi connectivity index (χ0) is 61.8. The van der Waals surface area contributed by atoms with E-state index in [1.54, 1.807) is 19.9 Å². The number of nitrogens with zero attached hydrogens (tertiary/aromatic N) is 3. The van der Waals surface area contributed by atoms with E-state index in [1.165, 1.54) is 25.1 Å². The lowest BCUT2D eigenvalue weighted by Crippen LogP contribution is -2.62. The fourth-order valence-electron chi connectivity index (χ4n) is 11.0. The minimum absolute atomic E-state index is 0.0261. The lowest BCUT2D eigenvalue weighted by Gasteiger charge is -2.32. The summed E-state index contributed by atoms with van der Waals surface area (Å²) in [5.74, 6) is -11.9. The maximum Gasteiger partial charge on any atom is 0.253 e. The summed E-state index contributed by atoms with van der Waals surface area (Å²) in [6.07, 6.45) is 0.876. The van der Waals surface area contributed by atoms with Crippen LogP contribution in [0.4, 0.5) is 0 Å². The molecule has 15 N–H and O–H groups in total. The van der Waals surface area contributed by atoms with E-state index in [0.717, 1.165) is 21.6 Å². The number of likely N-dealkylation sites (tertiary alicyclic amines) is 1. The van der Waals surface area contributed by atoms with Gasteiger partial charge in [-0.1, -0.05) is 33.6 Å². The van der Waals surface area contributed by atoms with Crippen LogP contribution in [0.1, 0.15) is 83.3 Å². The van der Waals surface area contributed by atoms with Crippen LogP contribution in [0.5, 0.6) is 5.75 Å². The first-order valence-corrected chi connectivity index (χ1v) is 29.6. The number of phenolic OH excluding ortho intramolecular Hbond substituents is 1. The zero-order valence-electron chi connectivity index (χ0n) is 47.6. The second-order valence-corrected chi connectivity index (χ2v) is 23.4. The summed E-state index contributed by atoms with van der Waals surface area (Å²) < 4.78 is 0. The van der Waals surface area contributed by atoms with Gasteiger partial charge in [0.15, 0.2) is 0 Å². The van der Waals surface area contributed by atoms with Crippen molar-refractivity contribution in [3.63, 3.8) is 0 Å². The van der Waals surface area contributed by atoms with Crippen LogP contribution in [0.25, 0.3) is 10.9 Å². The second kappa shape index (κ2) is 29.4. The topological polar surface area (TPSA) is 434 Å². The average molecular weight is 1210 g/mol. The third-order valence-corrected chi connectivity index (χ3v) is 17.3. The standard InChI is InChI=1S/C55H77N13O16S/c1-4-27(2)46-52(82)59-20-42(75)60-36-26-85-54-32(31-9-10-38(71)33(48(31)65-54)24-66-15-13-29(22-66)19-57-41(74)8-6-5-7-14-67-44(77)11-12-45(67)78)17-34(49(79)58-21-43(76)63-46)61-53(83)47(28(3)39(72)25-69)64-51(81)37-16-30(70)23-68(37)55(84)35(18-40(56)73)62-50(36)80/h9-12,27-30,34-37,39,46-47,65,69-72H,4-8,13-26H2,1-3H3,(H2,56,73)(H,57,74)(H,58,79)(H,59,82)(H,60,75)(H,61,83)(H,62,80)(H,63,76)(H,64,81)/t27-,28-,29+,30+,34+,35-,36-,37-,39-,46-,47-/m0/s1. The van der Waals surface area contributed by atoms with E-state index in [4.69, 9.17) is 5.73 Å². The van der Waals surface area contributed by atoms with Crippen molar-refractivity contribution in [2.45, 2.75) is 139 Å². The van der Waals surface area contributed by atoms with E-state index in [9.17, 15) is 78.0 Å². The Bertz CT molecular complexity index is 2920. The number of hydrogen-bond acceptors (Lipinski definition) is 18. The van der Waals surface area contributed by atoms with Gasteiger partial charge in [-0.15, -0.1) is 11.8 Å². The number of primary amides is 1. The predicted octanol–water partition coefficient (Wildman–Crippen LogP) is -4.51. The molecule has 0 spiro atoms. The number of hydrogen-bond donors (Lipinski definition) is 14. The minimum Gasteiger partial charge on any atom is -0.508 e. The lowest BCUT2D eigenvalue weighted by molar-refractivity contribution is -0.144. The molecule has 30 heteroatoms. The number of aliphatic hydroxyl groups is 3. The number of aliphatic hydroxyl groups excluding tert-OH is 3. The number of imide groups is 1. The van der Waals surface area contributed by atoms with Crippen molar-refractivity contribution >= 4 is 93.6 Å². The molecule has 2 saturated heterocycles. The van der Waals surface area contributed by atoms with Gasteiger partial charge in [-0.2, -0.15) is 0 Å². The number of nitrogens with one attached hydrogen (secondary N) is 9. The summed E-state index contributed by atoms with van der Waals surface area (Å²) in [5, 5.41) is 65.0. The first-order chi connectivity index (χ1) is 40.5. The highest BCUT2D eigenvalue weighted by atomic mass is 32.2. The number of aromatic nitrogens is 1. The van der Waals surface area contributed by atoms with E-state index >= 15 is 0 Å². The Kier molecular flexibility index (Phi) is 22.5. The van der Waals surface area contributed by atoms with Gasteiger partial charge in [0.05, 0.1) is 48.9 Å². The number of aromatic hydroxyl groups is 1. The van der Waals surface area contributed by atoms with Crippen LogP contribution in [0.3, 0.4) is 0 Å². The van der Waals surface area contributed by atoms with Crippen LogP contribution < -0.4 is 48.3 Å². The molecule has 12 amide bonds. The van der Waals surface area contributed by atoms with Crippen LogP contribution in [-0.4, -0.2) is 218 Å². The summed E-state index contributed by atoms with van der Waals surface area (Å²) in [6.45, 7) is 3.78. The van der Waals surface area contributed by atoms with Crippen molar-refractivity contribution in [1.82, 2.24) is 62.2 Å². The molecular weight excluding hydrogens is 1130 g/mol. The molecule has 0 aliphatic carbocycles. The van der Waals surface area contributed by atoms with Gasteiger partial charge in [0.25, 0.3) is 11.8 Å². The van der Waals surface area contributed by atoms with Gasteiger partial charge in [0.1, 0.15) is 42.0 Å². The normalized spacial score (nSPS) is 26.3. The maximum absolute atomic E-state index is 14.8. The molecule has 11 atom stereocenters. The maximum atomic E-state index is 14.8. The minimum atomic E-state index is -1.80. The molecule has 29 nitrogen and oxygen atoms in total. The van der Waals surface area contributed by atoms with E-state index < -0.39 is 159 Å². The summed E-state index contributed by atoms with van der Waals surface area (Å²) >= 11 is 0.939. The quantitative estimate of drug-likeness (QED) is 0.0524. The number of rotatable bonds is 17. The first-order valence-electron chi connectivity index (χ1n) is 28.6. The van der Waals surface area contributed by atoms with E-state index in [1.807, 2.05) is 0 Å². The number of fused-ring (bicyclic) bond motifs is 5. The van der Waals surface area contributed by atoms with Gasteiger partial charge >= 0.3 is 0 Å². The molecule has 5 aliphatic rings. The number of unbranched alkanes of at least 4 members (excludes halogenated alkanes) is 2. The van der Waals surface area contributed by atoms with Gasteiger partial charge in [0.2, 0.25) is 59.1 Å². The Morgan fingerprint density at radius 3 is 2.22 bits per heavy atom. The Morgan fingerprint density at radius 2 is 1.53 bits per heavy atom. The van der Waals surface area contributed by atoms with Crippen molar-refractivity contribution in [3.05, 3.63) is 35.4 Å². The molecule has 85 heavy (non-hydrogen) atoms. The molecule has 6 heterocycles. The highest BCUT2D eigenvalue weighted by molar-refractivity contribution is 7.99. The van der Waals surface area contributed by atoms with Gasteiger partial charge < -0.3 is 78.6 Å². The average Bonchev–Trinajstić information content (AvgIpc) is 2.24. The Labute approximate surface area is 493 Å². The highest BCUT2D eigenvalue weighted by Gasteiger charge is 2.45. The number of H-pyrrole nitrogens is 1. The fraction of sp³-hybridized carbons (Fsp3) is 0.600. The molecule has 464 valence electrons. The molecule has 1 aromatic heterocycles. The molecule has 5 aliphatic heterocycles. The number of carbonyl (C=O) groups excluding carboxylic acids is 12. The van der Waals surface area contributed by atoms with Crippen molar-refractivity contribution in [3.8, 4) is 5.75 Å². The predicted molar refractivity (Wildman–Crippen MR) is 302 cm³/mol. The lowest BCUT2D eigenvalue weighted by atomic mass is 9.93. The summed E-state index contributed by atoms with van der Waals surface area (Å²) in [5.41, 5.74) is 6.66. The van der Waals surface area contributed by atoms with Crippen LogP contribution in [-0.2, 0) is 70.5 Å². The van der Waals surface area contributed by atoms with Crippen molar-refractivity contribution in [2.24, 2.45) is 23.5 Å². The highest BCUT2D eigenvalue weighted by Crippen LogP contribution is 2.38. The third-order valence-electron chi connectivity index (χ3n) is 16.2. The number of aromatic amines is 1. The van der Waals surface area contributed by atoms with E-state index in [-0.39, 0.29) is 59.7 Å². The smallest absolute Gasteiger partial charge is 0.253 e. The van der Waals surface area contributed by atoms with Gasteiger partial charge in [-0.3, -0.25) is 67.3 Å². The number of carbonyl (C=O) groups is 12. The Morgan fingerprint density at radius 1 is 0.824 bits per heavy atom. The molecule has 7 rings (SSSR count). The molecule has 0 radical (unpaired) electrons. The Hall–Kier alpha value is -7.67. The molecule has 0 saturated carbocycles. The number of phenols is 1. The van der Waals surface area contributed by atoms with Crippen molar-refractivity contribution in [2.75, 3.05) is 58.2 Å². The summed E-state index contributed by atoms with van der Waals surface area (Å²) in [7, 11) is 0. The molecule has 2 aromatic rings. The van der Waals surface area contributed by atoms with E-state index in [0.29, 0.717) is 73.8 Å². The molecule has 1 aromatic carbocycles. The van der Waals surface area contributed by atoms with Crippen molar-refractivity contribution < 1.29 is 78.0 Å². The van der Waals surface area contributed by atoms with Crippen LogP contribution in [0, 0.1) is 17.8 Å². The van der Waals surface area contributed by atoms with Gasteiger partial charge in [0, 0.05) is 86.8 Å². The number of benzene rings is 1. The summed E-state index contributed by atoms with van der Waals surface area (Å²) in [6, 6.07) is -6.64. The zero-order valence-corrected chi connectivity index (χ0v) is 48.4. The summed E-state index contributed by atoms with van der Waals surface area (Å²) in [4.78, 5) is 171. The van der Waals surface area contributed by atoms with Gasteiger partial charge in [-0.25, -0.2) is 0 Å². The molecule has 2 bridgehead atoms. The second-order valence-electron chi connectivity index (χ2n) is 22.4. The third kappa shape index (κ3) is 16.6. The van der Waals surface area contributed by atoms with Crippen molar-refractivity contribution in [1.29, 1.82) is 0 Å². The monoisotopic (exact) mass is 1210 g/mol. The molecular formula is C55H77N13O16S. The first kappa shape index (κ1) is 64.9. The van der Waals surface area contributed by atoms with Gasteiger partial charge in [-0.05, 0) is 55.3 Å². The molecule has 0 unspecified atom stereocenters.